The minimum absolute atomic E-state index is 0.0814. The van der Waals surface area contributed by atoms with Crippen LogP contribution in [0.3, 0.4) is 0 Å². The van der Waals surface area contributed by atoms with Crippen LogP contribution in [0.15, 0.2) is 65.4 Å². The van der Waals surface area contributed by atoms with Gasteiger partial charge in [0, 0.05) is 34.8 Å². The molecule has 0 spiro atoms. The highest BCUT2D eigenvalue weighted by Gasteiger charge is 2.53. The first-order chi connectivity index (χ1) is 15.1. The van der Waals surface area contributed by atoms with Crippen LogP contribution in [0.4, 0.5) is 0 Å². The lowest BCUT2D eigenvalue weighted by atomic mass is 9.56. The van der Waals surface area contributed by atoms with Crippen LogP contribution in [0.2, 0.25) is 0 Å². The summed E-state index contributed by atoms with van der Waals surface area (Å²) >= 11 is 0. The molecule has 0 fully saturated rings. The van der Waals surface area contributed by atoms with E-state index in [4.69, 9.17) is 5.73 Å². The zero-order valence-corrected chi connectivity index (χ0v) is 17.3. The van der Waals surface area contributed by atoms with Crippen molar-refractivity contribution in [3.05, 3.63) is 70.9 Å². The summed E-state index contributed by atoms with van der Waals surface area (Å²) < 4.78 is 2.15. The first kappa shape index (κ1) is 19.0. The third-order valence-corrected chi connectivity index (χ3v) is 7.10. The molecule has 2 atom stereocenters. The highest BCUT2D eigenvalue weighted by atomic mass is 14.9. The molecule has 0 amide bonds. The summed E-state index contributed by atoms with van der Waals surface area (Å²) in [5, 5.41) is 32.5. The second kappa shape index (κ2) is 6.76. The van der Waals surface area contributed by atoms with Crippen molar-refractivity contribution in [1.29, 1.82) is 15.8 Å². The lowest BCUT2D eigenvalue weighted by molar-refractivity contribution is 0.317. The monoisotopic (exact) mass is 403 g/mol. The highest BCUT2D eigenvalue weighted by Crippen LogP contribution is 2.56. The Balaban J connectivity index is 1.81. The number of aromatic nitrogens is 1. The molecule has 1 heterocycles. The van der Waals surface area contributed by atoms with Gasteiger partial charge in [-0.1, -0.05) is 36.4 Å². The number of nitrogens with two attached hydrogens (primary N) is 1. The van der Waals surface area contributed by atoms with Crippen LogP contribution in [0.25, 0.3) is 21.8 Å². The number of rotatable bonds is 1. The number of benzene rings is 2. The van der Waals surface area contributed by atoms with Crippen molar-refractivity contribution in [3.8, 4) is 18.2 Å². The summed E-state index contributed by atoms with van der Waals surface area (Å²) in [7, 11) is 2.03. The molecule has 31 heavy (non-hydrogen) atoms. The molecule has 2 aromatic carbocycles. The summed E-state index contributed by atoms with van der Waals surface area (Å²) in [6, 6.07) is 21.1. The Labute approximate surface area is 180 Å². The minimum atomic E-state index is -1.57. The van der Waals surface area contributed by atoms with Crippen LogP contribution in [-0.2, 0) is 7.05 Å². The van der Waals surface area contributed by atoms with E-state index in [1.165, 1.54) is 5.39 Å². The van der Waals surface area contributed by atoms with Gasteiger partial charge in [-0.05, 0) is 48.4 Å². The van der Waals surface area contributed by atoms with E-state index in [-0.39, 0.29) is 11.6 Å². The van der Waals surface area contributed by atoms with E-state index in [1.807, 2.05) is 25.2 Å². The summed E-state index contributed by atoms with van der Waals surface area (Å²) in [5.41, 5.74) is 9.23. The van der Waals surface area contributed by atoms with Crippen molar-refractivity contribution in [3.63, 3.8) is 0 Å². The molecule has 2 unspecified atom stereocenters. The van der Waals surface area contributed by atoms with Gasteiger partial charge in [0.15, 0.2) is 5.41 Å². The van der Waals surface area contributed by atoms with Gasteiger partial charge in [0.05, 0.1) is 23.4 Å². The largest absolute Gasteiger partial charge is 0.399 e. The van der Waals surface area contributed by atoms with Crippen molar-refractivity contribution in [2.24, 2.45) is 24.1 Å². The average molecular weight is 403 g/mol. The number of para-hydroxylation sites is 1. The molecule has 150 valence electrons. The second-order valence-corrected chi connectivity index (χ2v) is 8.46. The minimum Gasteiger partial charge on any atom is -0.399 e. The van der Waals surface area contributed by atoms with E-state index in [9.17, 15) is 15.8 Å². The predicted molar refractivity (Wildman–Crippen MR) is 119 cm³/mol. The Morgan fingerprint density at radius 3 is 2.52 bits per heavy atom. The van der Waals surface area contributed by atoms with E-state index in [1.54, 1.807) is 0 Å². The molecular weight excluding hydrogens is 382 g/mol. The van der Waals surface area contributed by atoms with Crippen molar-refractivity contribution in [2.45, 2.75) is 25.2 Å². The molecule has 1 aromatic heterocycles. The fourth-order valence-corrected chi connectivity index (χ4v) is 5.62. The standard InChI is InChI=1S/C26H21N5/c1-31-22-9-5-4-7-18(22)19-11-10-16(12-23(19)31)24-20-8-3-2-6-17(20)21(13-27)25(30)26(24,14-28)15-29/h4-7,9-12,20,24H,2-3,8,30H2,1H3. The van der Waals surface area contributed by atoms with Gasteiger partial charge in [-0.15, -0.1) is 0 Å². The number of fused-ring (bicyclic) bond motifs is 4. The van der Waals surface area contributed by atoms with E-state index in [0.717, 1.165) is 46.8 Å². The van der Waals surface area contributed by atoms with Crippen LogP contribution < -0.4 is 5.73 Å². The zero-order valence-electron chi connectivity index (χ0n) is 17.3. The molecule has 5 rings (SSSR count). The Morgan fingerprint density at radius 2 is 1.77 bits per heavy atom. The van der Waals surface area contributed by atoms with Crippen molar-refractivity contribution >= 4 is 21.8 Å². The number of allylic oxidation sites excluding steroid dienone is 4. The number of nitrogens with zero attached hydrogens (tertiary/aromatic N) is 4. The maximum Gasteiger partial charge on any atom is 0.191 e. The summed E-state index contributed by atoms with van der Waals surface area (Å²) in [4.78, 5) is 0. The first-order valence-corrected chi connectivity index (χ1v) is 10.5. The highest BCUT2D eigenvalue weighted by molar-refractivity contribution is 6.08. The van der Waals surface area contributed by atoms with Gasteiger partial charge in [0.25, 0.3) is 0 Å². The lowest BCUT2D eigenvalue weighted by Crippen LogP contribution is -2.42. The normalized spacial score (nSPS) is 22.3. The molecule has 0 saturated carbocycles. The summed E-state index contributed by atoms with van der Waals surface area (Å²) in [5.74, 6) is -0.504. The smallest absolute Gasteiger partial charge is 0.191 e. The number of hydrogen-bond acceptors (Lipinski definition) is 4. The van der Waals surface area contributed by atoms with E-state index < -0.39 is 11.3 Å². The van der Waals surface area contributed by atoms with Crippen LogP contribution >= 0.6 is 0 Å². The van der Waals surface area contributed by atoms with Gasteiger partial charge >= 0.3 is 0 Å². The van der Waals surface area contributed by atoms with Crippen molar-refractivity contribution < 1.29 is 0 Å². The second-order valence-electron chi connectivity index (χ2n) is 8.46. The van der Waals surface area contributed by atoms with Crippen molar-refractivity contribution in [2.75, 3.05) is 0 Å². The van der Waals surface area contributed by atoms with Crippen LogP contribution in [-0.4, -0.2) is 4.57 Å². The van der Waals surface area contributed by atoms with E-state index in [0.29, 0.717) is 5.57 Å². The molecule has 5 heteroatoms. The molecule has 0 aliphatic heterocycles. The van der Waals surface area contributed by atoms with Crippen LogP contribution in [0, 0.1) is 45.3 Å². The summed E-state index contributed by atoms with van der Waals surface area (Å²) in [6.45, 7) is 0. The van der Waals surface area contributed by atoms with E-state index >= 15 is 0 Å². The van der Waals surface area contributed by atoms with Gasteiger partial charge in [0.1, 0.15) is 6.07 Å². The molecule has 0 bridgehead atoms. The molecule has 3 aromatic rings. The lowest BCUT2D eigenvalue weighted by Gasteiger charge is -2.43. The molecular formula is C26H21N5. The predicted octanol–water partition coefficient (Wildman–Crippen LogP) is 4.93. The van der Waals surface area contributed by atoms with Gasteiger partial charge in [-0.2, -0.15) is 15.8 Å². The van der Waals surface area contributed by atoms with Gasteiger partial charge < -0.3 is 10.3 Å². The Hall–Kier alpha value is -4.01. The van der Waals surface area contributed by atoms with Crippen LogP contribution in [0.5, 0.6) is 0 Å². The maximum absolute atomic E-state index is 10.2. The number of aryl methyl sites for hydroxylation is 1. The van der Waals surface area contributed by atoms with E-state index in [2.05, 4.69) is 53.1 Å². The first-order valence-electron chi connectivity index (χ1n) is 10.5. The molecule has 2 aliphatic carbocycles. The Bertz CT molecular complexity index is 1420. The Morgan fingerprint density at radius 1 is 1.03 bits per heavy atom. The molecule has 0 radical (unpaired) electrons. The molecule has 2 N–H and O–H groups in total. The fourth-order valence-electron chi connectivity index (χ4n) is 5.62. The number of hydrogen-bond donors (Lipinski definition) is 1. The van der Waals surface area contributed by atoms with Gasteiger partial charge in [0.2, 0.25) is 0 Å². The molecule has 5 nitrogen and oxygen atoms in total. The third kappa shape index (κ3) is 2.40. The SMILES string of the molecule is Cn1c2ccccc2c2ccc(C3C4CCCC=C4C(C#N)=C(N)C3(C#N)C#N)cc21. The fraction of sp³-hybridized carbons (Fsp3) is 0.269. The average Bonchev–Trinajstić information content (AvgIpc) is 3.10. The maximum atomic E-state index is 10.2. The van der Waals surface area contributed by atoms with Gasteiger partial charge in [-0.25, -0.2) is 0 Å². The molecule has 2 aliphatic rings. The molecule has 0 saturated heterocycles. The van der Waals surface area contributed by atoms with Gasteiger partial charge in [-0.3, -0.25) is 0 Å². The summed E-state index contributed by atoms with van der Waals surface area (Å²) in [6.07, 6.45) is 4.74. The third-order valence-electron chi connectivity index (χ3n) is 7.10. The van der Waals surface area contributed by atoms with Crippen molar-refractivity contribution in [1.82, 2.24) is 4.57 Å². The Kier molecular flexibility index (Phi) is 4.14. The number of nitriles is 3. The topological polar surface area (TPSA) is 102 Å². The van der Waals surface area contributed by atoms with Crippen LogP contribution in [0.1, 0.15) is 30.7 Å². The quantitative estimate of drug-likeness (QED) is 0.622. The zero-order chi connectivity index (χ0) is 21.8.